The van der Waals surface area contributed by atoms with Crippen LogP contribution in [0.25, 0.3) is 0 Å². The summed E-state index contributed by atoms with van der Waals surface area (Å²) in [7, 11) is 0. The first-order chi connectivity index (χ1) is 9.26. The second-order valence-electron chi connectivity index (χ2n) is 4.98. The third-order valence-electron chi connectivity index (χ3n) is 3.51. The zero-order valence-electron chi connectivity index (χ0n) is 12.5. The van der Waals surface area contributed by atoms with Gasteiger partial charge in [-0.05, 0) is 69.7 Å². The molecule has 0 aromatic heterocycles. The van der Waals surface area contributed by atoms with Crippen LogP contribution in [0, 0.1) is 0 Å². The number of nitrogens with two attached hydrogens (primary N) is 1. The standard InChI is InChI=1S/C16H29N3/c1-3-19(4-2)13-6-5-11-18-12-10-15-8-7-9-16(17)14-15/h7-9,14,18H,3-6,10-13,17H2,1-2H3. The Bertz CT molecular complexity index is 335. The van der Waals surface area contributed by atoms with Crippen molar-refractivity contribution in [2.75, 3.05) is 38.5 Å². The second-order valence-corrected chi connectivity index (χ2v) is 4.98. The highest BCUT2D eigenvalue weighted by Crippen LogP contribution is 2.06. The fourth-order valence-electron chi connectivity index (χ4n) is 2.23. The van der Waals surface area contributed by atoms with Crippen molar-refractivity contribution < 1.29 is 0 Å². The molecule has 0 saturated carbocycles. The van der Waals surface area contributed by atoms with Crippen LogP contribution in [0.5, 0.6) is 0 Å². The van der Waals surface area contributed by atoms with Crippen molar-refractivity contribution >= 4 is 5.69 Å². The third-order valence-corrected chi connectivity index (χ3v) is 3.51. The number of benzene rings is 1. The topological polar surface area (TPSA) is 41.3 Å². The molecule has 1 rings (SSSR count). The molecule has 0 unspecified atom stereocenters. The predicted octanol–water partition coefficient (Wildman–Crippen LogP) is 2.52. The molecule has 3 nitrogen and oxygen atoms in total. The molecule has 0 bridgehead atoms. The lowest BCUT2D eigenvalue weighted by Crippen LogP contribution is -2.25. The average Bonchev–Trinajstić information content (AvgIpc) is 2.42. The molecule has 0 aliphatic carbocycles. The van der Waals surface area contributed by atoms with Gasteiger partial charge in [0, 0.05) is 5.69 Å². The van der Waals surface area contributed by atoms with E-state index in [1.54, 1.807) is 0 Å². The van der Waals surface area contributed by atoms with Gasteiger partial charge in [0.05, 0.1) is 0 Å². The number of rotatable bonds is 10. The Morgan fingerprint density at radius 2 is 1.89 bits per heavy atom. The van der Waals surface area contributed by atoms with Gasteiger partial charge in [-0.25, -0.2) is 0 Å². The zero-order valence-corrected chi connectivity index (χ0v) is 12.5. The first-order valence-electron chi connectivity index (χ1n) is 7.53. The normalized spacial score (nSPS) is 11.1. The van der Waals surface area contributed by atoms with Crippen LogP contribution in [0.2, 0.25) is 0 Å². The van der Waals surface area contributed by atoms with Crippen molar-refractivity contribution in [3.8, 4) is 0 Å². The molecule has 19 heavy (non-hydrogen) atoms. The van der Waals surface area contributed by atoms with Crippen molar-refractivity contribution in [2.24, 2.45) is 0 Å². The number of anilines is 1. The Hall–Kier alpha value is -1.06. The van der Waals surface area contributed by atoms with Gasteiger partial charge in [0.25, 0.3) is 0 Å². The first kappa shape index (κ1) is 16.0. The van der Waals surface area contributed by atoms with E-state index in [0.29, 0.717) is 0 Å². The van der Waals surface area contributed by atoms with Gasteiger partial charge in [-0.1, -0.05) is 26.0 Å². The van der Waals surface area contributed by atoms with Crippen molar-refractivity contribution in [1.82, 2.24) is 10.2 Å². The number of nitrogen functional groups attached to an aromatic ring is 1. The summed E-state index contributed by atoms with van der Waals surface area (Å²) in [6, 6.07) is 8.15. The Kier molecular flexibility index (Phi) is 8.26. The smallest absolute Gasteiger partial charge is 0.0316 e. The van der Waals surface area contributed by atoms with Crippen molar-refractivity contribution in [3.63, 3.8) is 0 Å². The van der Waals surface area contributed by atoms with E-state index in [4.69, 9.17) is 5.73 Å². The lowest BCUT2D eigenvalue weighted by Gasteiger charge is -2.17. The fraction of sp³-hybridized carbons (Fsp3) is 0.625. The molecule has 1 aromatic carbocycles. The summed E-state index contributed by atoms with van der Waals surface area (Å²) in [5.74, 6) is 0. The molecule has 108 valence electrons. The Labute approximate surface area is 118 Å². The van der Waals surface area contributed by atoms with Crippen LogP contribution in [0.1, 0.15) is 32.3 Å². The van der Waals surface area contributed by atoms with Crippen LogP contribution < -0.4 is 11.1 Å². The summed E-state index contributed by atoms with van der Waals surface area (Å²) in [5.41, 5.74) is 7.93. The summed E-state index contributed by atoms with van der Waals surface area (Å²) < 4.78 is 0. The fourth-order valence-corrected chi connectivity index (χ4v) is 2.23. The molecule has 3 heteroatoms. The van der Waals surface area contributed by atoms with E-state index >= 15 is 0 Å². The minimum Gasteiger partial charge on any atom is -0.399 e. The zero-order chi connectivity index (χ0) is 13.9. The minimum atomic E-state index is 0.858. The summed E-state index contributed by atoms with van der Waals surface area (Å²) in [4.78, 5) is 2.48. The van der Waals surface area contributed by atoms with Crippen LogP contribution in [-0.2, 0) is 6.42 Å². The molecular formula is C16H29N3. The maximum Gasteiger partial charge on any atom is 0.0316 e. The Morgan fingerprint density at radius 3 is 2.58 bits per heavy atom. The van der Waals surface area contributed by atoms with E-state index < -0.39 is 0 Å². The van der Waals surface area contributed by atoms with Crippen LogP contribution in [-0.4, -0.2) is 37.6 Å². The third kappa shape index (κ3) is 7.19. The predicted molar refractivity (Wildman–Crippen MR) is 84.5 cm³/mol. The van der Waals surface area contributed by atoms with E-state index in [1.807, 2.05) is 12.1 Å². The molecule has 0 heterocycles. The summed E-state index contributed by atoms with van der Waals surface area (Å²) >= 11 is 0. The van der Waals surface area contributed by atoms with E-state index in [9.17, 15) is 0 Å². The first-order valence-corrected chi connectivity index (χ1v) is 7.53. The monoisotopic (exact) mass is 263 g/mol. The summed E-state index contributed by atoms with van der Waals surface area (Å²) in [6.07, 6.45) is 3.60. The van der Waals surface area contributed by atoms with Gasteiger partial charge >= 0.3 is 0 Å². The maximum atomic E-state index is 5.76. The average molecular weight is 263 g/mol. The molecule has 0 atom stereocenters. The van der Waals surface area contributed by atoms with E-state index in [-0.39, 0.29) is 0 Å². The van der Waals surface area contributed by atoms with E-state index in [2.05, 4.69) is 36.2 Å². The van der Waals surface area contributed by atoms with E-state index in [0.717, 1.165) is 25.2 Å². The van der Waals surface area contributed by atoms with Gasteiger partial charge in [0.2, 0.25) is 0 Å². The van der Waals surface area contributed by atoms with Crippen molar-refractivity contribution in [1.29, 1.82) is 0 Å². The maximum absolute atomic E-state index is 5.76. The highest BCUT2D eigenvalue weighted by Gasteiger charge is 1.98. The molecule has 0 aliphatic heterocycles. The highest BCUT2D eigenvalue weighted by atomic mass is 15.1. The number of hydrogen-bond acceptors (Lipinski definition) is 3. The van der Waals surface area contributed by atoms with Crippen LogP contribution in [0.3, 0.4) is 0 Å². The molecular weight excluding hydrogens is 234 g/mol. The lowest BCUT2D eigenvalue weighted by molar-refractivity contribution is 0.296. The molecule has 3 N–H and O–H groups in total. The Morgan fingerprint density at radius 1 is 1.11 bits per heavy atom. The van der Waals surface area contributed by atoms with Gasteiger partial charge in [0.1, 0.15) is 0 Å². The van der Waals surface area contributed by atoms with Crippen LogP contribution in [0.15, 0.2) is 24.3 Å². The summed E-state index contributed by atoms with van der Waals surface area (Å²) in [6.45, 7) is 10.2. The van der Waals surface area contributed by atoms with Gasteiger partial charge in [0.15, 0.2) is 0 Å². The lowest BCUT2D eigenvalue weighted by atomic mass is 10.1. The van der Waals surface area contributed by atoms with Crippen molar-refractivity contribution in [2.45, 2.75) is 33.1 Å². The molecule has 0 fully saturated rings. The highest BCUT2D eigenvalue weighted by molar-refractivity contribution is 5.40. The van der Waals surface area contributed by atoms with Crippen LogP contribution in [0.4, 0.5) is 5.69 Å². The summed E-state index contributed by atoms with van der Waals surface area (Å²) in [5, 5.41) is 3.50. The van der Waals surface area contributed by atoms with Gasteiger partial charge in [-0.15, -0.1) is 0 Å². The minimum absolute atomic E-state index is 0.858. The van der Waals surface area contributed by atoms with Gasteiger partial charge in [-0.3, -0.25) is 0 Å². The molecule has 0 radical (unpaired) electrons. The van der Waals surface area contributed by atoms with E-state index in [1.165, 1.54) is 38.0 Å². The quantitative estimate of drug-likeness (QED) is 0.503. The SMILES string of the molecule is CCN(CC)CCCCNCCc1cccc(N)c1. The molecule has 1 aromatic rings. The molecule has 0 spiro atoms. The van der Waals surface area contributed by atoms with Gasteiger partial charge in [-0.2, -0.15) is 0 Å². The second kappa shape index (κ2) is 9.82. The van der Waals surface area contributed by atoms with Gasteiger partial charge < -0.3 is 16.0 Å². The largest absolute Gasteiger partial charge is 0.399 e. The Balaban J connectivity index is 1.99. The van der Waals surface area contributed by atoms with Crippen LogP contribution >= 0.6 is 0 Å². The number of nitrogens with one attached hydrogen (secondary N) is 1. The molecule has 0 aliphatic rings. The number of hydrogen-bond donors (Lipinski definition) is 2. The van der Waals surface area contributed by atoms with Crippen molar-refractivity contribution in [3.05, 3.63) is 29.8 Å². The molecule has 0 amide bonds. The number of nitrogens with zero attached hydrogens (tertiary/aromatic N) is 1. The molecule has 0 saturated heterocycles. The number of unbranched alkanes of at least 4 members (excludes halogenated alkanes) is 1.